The lowest BCUT2D eigenvalue weighted by molar-refractivity contribution is -0.128. The number of anilines is 1. The third-order valence-electron chi connectivity index (χ3n) is 5.55. The van der Waals surface area contributed by atoms with Crippen LogP contribution in [-0.4, -0.2) is 11.9 Å². The fourth-order valence-corrected chi connectivity index (χ4v) is 3.27. The first-order valence-electron chi connectivity index (χ1n) is 12.4. The Morgan fingerprint density at radius 1 is 0.564 bits per heavy atom. The lowest BCUT2D eigenvalue weighted by Gasteiger charge is -2.02. The summed E-state index contributed by atoms with van der Waals surface area (Å²) in [7, 11) is 0. The lowest BCUT2D eigenvalue weighted by Crippen LogP contribution is -2.07. The highest BCUT2D eigenvalue weighted by Gasteiger charge is 2.00. The number of nitrogens with one attached hydrogen (secondary N) is 1. The zero-order valence-electron chi connectivity index (χ0n) is 22.3. The maximum absolute atomic E-state index is 11.7. The molecule has 0 aromatic heterocycles. The van der Waals surface area contributed by atoms with Crippen LogP contribution in [0.5, 0.6) is 5.75 Å². The smallest absolute Gasteiger partial charge is 0.336 e. The molecule has 0 aliphatic heterocycles. The van der Waals surface area contributed by atoms with Crippen LogP contribution in [0, 0.1) is 27.7 Å². The van der Waals surface area contributed by atoms with Crippen LogP contribution in [0.25, 0.3) is 12.2 Å². The van der Waals surface area contributed by atoms with Crippen molar-refractivity contribution < 1.29 is 14.3 Å². The Kier molecular flexibility index (Phi) is 12.2. The summed E-state index contributed by atoms with van der Waals surface area (Å²) in [5.74, 6) is 0.0676. The Hall–Kier alpha value is -4.70. The van der Waals surface area contributed by atoms with Crippen molar-refractivity contribution in [1.29, 1.82) is 0 Å². The van der Waals surface area contributed by atoms with Crippen molar-refractivity contribution in [3.05, 3.63) is 143 Å². The minimum Gasteiger partial charge on any atom is -0.423 e. The Labute approximate surface area is 232 Å². The molecule has 0 radical (unpaired) electrons. The van der Waals surface area contributed by atoms with Crippen molar-refractivity contribution in [2.24, 2.45) is 0 Å². The van der Waals surface area contributed by atoms with E-state index >= 15 is 0 Å². The van der Waals surface area contributed by atoms with Crippen LogP contribution >= 0.6 is 0 Å². The molecule has 0 bridgehead atoms. The van der Waals surface area contributed by atoms with Gasteiger partial charge in [-0.15, -0.1) is 0 Å². The zero-order valence-corrected chi connectivity index (χ0v) is 22.3. The van der Waals surface area contributed by atoms with Crippen LogP contribution in [0.4, 0.5) is 5.69 Å². The summed E-state index contributed by atoms with van der Waals surface area (Å²) in [4.78, 5) is 23.4. The molecular weight excluding hydrogens is 482 g/mol. The summed E-state index contributed by atoms with van der Waals surface area (Å²) in [6, 6.07) is 31.1. The summed E-state index contributed by atoms with van der Waals surface area (Å²) in [5, 5.41) is 2.83. The Balaban J connectivity index is 0.000000267. The van der Waals surface area contributed by atoms with Crippen molar-refractivity contribution in [3.8, 4) is 5.75 Å². The molecule has 0 unspecified atom stereocenters. The summed E-state index contributed by atoms with van der Waals surface area (Å²) >= 11 is 0. The lowest BCUT2D eigenvalue weighted by atomic mass is 10.1. The summed E-state index contributed by atoms with van der Waals surface area (Å²) in [6.45, 7) is 8.07. The molecule has 0 saturated heterocycles. The van der Waals surface area contributed by atoms with Crippen LogP contribution in [-0.2, 0) is 9.59 Å². The van der Waals surface area contributed by atoms with Gasteiger partial charge in [0.2, 0.25) is 5.91 Å². The molecule has 0 aliphatic carbocycles. The molecule has 0 atom stereocenters. The van der Waals surface area contributed by atoms with Crippen molar-refractivity contribution in [2.45, 2.75) is 35.1 Å². The Bertz CT molecular complexity index is 1270. The number of aryl methyl sites for hydroxylation is 4. The molecule has 4 aromatic rings. The SMILES string of the molecule is C.Cc1ccc(/C=C/C(=O)Nc2ccc(C)cc2)cc1.Cc1ccc(/C=C/C(=O)Oc2ccc(C)cc2)cc1. The highest BCUT2D eigenvalue weighted by Crippen LogP contribution is 2.13. The van der Waals surface area contributed by atoms with E-state index in [1.807, 2.05) is 119 Å². The number of hydrogen-bond acceptors (Lipinski definition) is 3. The number of benzene rings is 4. The zero-order chi connectivity index (χ0) is 27.3. The number of hydrogen-bond donors (Lipinski definition) is 1. The van der Waals surface area contributed by atoms with Crippen molar-refractivity contribution >= 4 is 29.7 Å². The topological polar surface area (TPSA) is 55.4 Å². The predicted octanol–water partition coefficient (Wildman–Crippen LogP) is 8.51. The molecule has 0 fully saturated rings. The van der Waals surface area contributed by atoms with E-state index in [4.69, 9.17) is 4.74 Å². The summed E-state index contributed by atoms with van der Waals surface area (Å²) < 4.78 is 5.19. The van der Waals surface area contributed by atoms with E-state index in [0.717, 1.165) is 22.4 Å². The van der Waals surface area contributed by atoms with Gasteiger partial charge >= 0.3 is 5.97 Å². The van der Waals surface area contributed by atoms with E-state index in [1.54, 1.807) is 24.3 Å². The highest BCUT2D eigenvalue weighted by molar-refractivity contribution is 6.01. The van der Waals surface area contributed by atoms with Gasteiger partial charge in [-0.25, -0.2) is 4.79 Å². The Morgan fingerprint density at radius 3 is 1.41 bits per heavy atom. The van der Waals surface area contributed by atoms with E-state index in [0.29, 0.717) is 5.75 Å². The van der Waals surface area contributed by atoms with Gasteiger partial charge in [0.1, 0.15) is 5.75 Å². The van der Waals surface area contributed by atoms with Crippen LogP contribution in [0.1, 0.15) is 40.8 Å². The normalized spacial score (nSPS) is 10.4. The van der Waals surface area contributed by atoms with Gasteiger partial charge in [-0.2, -0.15) is 0 Å². The quantitative estimate of drug-likeness (QED) is 0.158. The number of amides is 1. The van der Waals surface area contributed by atoms with Crippen LogP contribution < -0.4 is 10.1 Å². The van der Waals surface area contributed by atoms with Gasteiger partial charge in [0.25, 0.3) is 0 Å². The standard InChI is InChI=1S/C17H17NO.C17H16O2.CH4/c1-13-3-7-15(8-4-13)9-12-17(19)18-16-10-5-14(2)6-11-16;1-13-3-7-15(8-4-13)9-12-17(18)19-16-10-5-14(2)6-11-16;/h3-12H,1-2H3,(H,18,19);3-12H,1-2H3;1H4/b2*12-9+;. The number of carbonyl (C=O) groups is 2. The van der Waals surface area contributed by atoms with Crippen molar-refractivity contribution in [3.63, 3.8) is 0 Å². The third-order valence-corrected chi connectivity index (χ3v) is 5.55. The molecule has 1 amide bonds. The Morgan fingerprint density at radius 2 is 0.949 bits per heavy atom. The van der Waals surface area contributed by atoms with Gasteiger partial charge in [-0.05, 0) is 75.2 Å². The molecule has 4 heteroatoms. The first-order valence-corrected chi connectivity index (χ1v) is 12.4. The maximum atomic E-state index is 11.7. The van der Waals surface area contributed by atoms with Crippen LogP contribution in [0.3, 0.4) is 0 Å². The maximum Gasteiger partial charge on any atom is 0.336 e. The molecule has 0 saturated carbocycles. The molecule has 4 nitrogen and oxygen atoms in total. The average molecular weight is 520 g/mol. The highest BCUT2D eigenvalue weighted by atomic mass is 16.5. The van der Waals surface area contributed by atoms with E-state index in [1.165, 1.54) is 22.8 Å². The summed E-state index contributed by atoms with van der Waals surface area (Å²) in [6.07, 6.45) is 6.54. The number of carbonyl (C=O) groups excluding carboxylic acids is 2. The molecule has 1 N–H and O–H groups in total. The third kappa shape index (κ3) is 11.5. The van der Waals surface area contributed by atoms with Crippen molar-refractivity contribution in [2.75, 3.05) is 5.32 Å². The molecule has 0 spiro atoms. The minimum absolute atomic E-state index is 0. The predicted molar refractivity (Wildman–Crippen MR) is 164 cm³/mol. The van der Waals surface area contributed by atoms with Gasteiger partial charge in [-0.1, -0.05) is 102 Å². The monoisotopic (exact) mass is 519 g/mol. The molecule has 200 valence electrons. The molecule has 0 heterocycles. The van der Waals surface area contributed by atoms with E-state index in [2.05, 4.69) is 5.32 Å². The largest absolute Gasteiger partial charge is 0.423 e. The fourth-order valence-electron chi connectivity index (χ4n) is 3.27. The van der Waals surface area contributed by atoms with Gasteiger partial charge < -0.3 is 10.1 Å². The molecule has 4 aromatic carbocycles. The van der Waals surface area contributed by atoms with Gasteiger partial charge in [-0.3, -0.25) is 4.79 Å². The van der Waals surface area contributed by atoms with E-state index in [-0.39, 0.29) is 19.3 Å². The van der Waals surface area contributed by atoms with Gasteiger partial charge in [0.05, 0.1) is 0 Å². The first kappa shape index (κ1) is 30.5. The van der Waals surface area contributed by atoms with Crippen LogP contribution in [0.15, 0.2) is 109 Å². The first-order chi connectivity index (χ1) is 18.3. The fraction of sp³-hybridized carbons (Fsp3) is 0.143. The van der Waals surface area contributed by atoms with E-state index < -0.39 is 0 Å². The second-order valence-electron chi connectivity index (χ2n) is 9.08. The second kappa shape index (κ2) is 15.5. The molecule has 0 aliphatic rings. The number of ether oxygens (including phenoxy) is 1. The molecule has 4 rings (SSSR count). The van der Waals surface area contributed by atoms with Crippen molar-refractivity contribution in [1.82, 2.24) is 0 Å². The molecular formula is C35H37NO3. The number of esters is 1. The van der Waals surface area contributed by atoms with Crippen LogP contribution in [0.2, 0.25) is 0 Å². The van der Waals surface area contributed by atoms with Gasteiger partial charge in [0, 0.05) is 17.8 Å². The average Bonchev–Trinajstić information content (AvgIpc) is 2.91. The summed E-state index contributed by atoms with van der Waals surface area (Å²) in [5.41, 5.74) is 7.52. The minimum atomic E-state index is -0.371. The number of rotatable bonds is 6. The molecule has 39 heavy (non-hydrogen) atoms. The van der Waals surface area contributed by atoms with Gasteiger partial charge in [0.15, 0.2) is 0 Å². The second-order valence-corrected chi connectivity index (χ2v) is 9.08. The van der Waals surface area contributed by atoms with E-state index in [9.17, 15) is 9.59 Å².